The van der Waals surface area contributed by atoms with E-state index in [1.807, 2.05) is 6.07 Å². The number of anilines is 1. The summed E-state index contributed by atoms with van der Waals surface area (Å²) in [6, 6.07) is 2.42. The van der Waals surface area contributed by atoms with E-state index in [1.165, 1.54) is 0 Å². The molecule has 0 aromatic carbocycles. The number of ether oxygens (including phenoxy) is 1. The predicted octanol–water partition coefficient (Wildman–Crippen LogP) is 1.97. The molecule has 1 N–H and O–H groups in total. The largest absolute Gasteiger partial charge is 0.379 e. The van der Waals surface area contributed by atoms with Gasteiger partial charge in [-0.3, -0.25) is 0 Å². The molecule has 1 unspecified atom stereocenters. The van der Waals surface area contributed by atoms with E-state index in [4.69, 9.17) is 4.74 Å². The number of aromatic nitrogens is 2. The molecule has 2 rings (SSSR count). The number of hydrogen-bond donors (Lipinski definition) is 1. The Morgan fingerprint density at radius 1 is 1.38 bits per heavy atom. The molecule has 0 amide bonds. The van der Waals surface area contributed by atoms with E-state index in [0.29, 0.717) is 6.04 Å². The molecule has 1 fully saturated rings. The first-order valence-corrected chi connectivity index (χ1v) is 5.72. The summed E-state index contributed by atoms with van der Waals surface area (Å²) in [6.45, 7) is 8.07. The first kappa shape index (κ1) is 11.3. The fourth-order valence-electron chi connectivity index (χ4n) is 1.70. The van der Waals surface area contributed by atoms with Crippen molar-refractivity contribution < 1.29 is 4.74 Å². The van der Waals surface area contributed by atoms with Crippen molar-refractivity contribution in [1.29, 1.82) is 0 Å². The van der Waals surface area contributed by atoms with Gasteiger partial charge in [-0.25, -0.2) is 9.97 Å². The van der Waals surface area contributed by atoms with Gasteiger partial charge in [0.25, 0.3) is 0 Å². The van der Waals surface area contributed by atoms with Gasteiger partial charge in [-0.05, 0) is 6.42 Å². The van der Waals surface area contributed by atoms with Crippen LogP contribution in [0.2, 0.25) is 0 Å². The zero-order chi connectivity index (χ0) is 11.6. The highest BCUT2D eigenvalue weighted by molar-refractivity contribution is 5.37. The van der Waals surface area contributed by atoms with Crippen LogP contribution >= 0.6 is 0 Å². The lowest BCUT2D eigenvalue weighted by Crippen LogP contribution is -2.21. The molecule has 0 spiro atoms. The Balaban J connectivity index is 2.09. The summed E-state index contributed by atoms with van der Waals surface area (Å²) in [4.78, 5) is 8.54. The fraction of sp³-hybridized carbons (Fsp3) is 0.667. The van der Waals surface area contributed by atoms with E-state index >= 15 is 0 Å². The number of nitrogens with one attached hydrogen (secondary N) is 1. The van der Waals surface area contributed by atoms with E-state index in [2.05, 4.69) is 36.1 Å². The van der Waals surface area contributed by atoms with Crippen molar-refractivity contribution in [3.8, 4) is 0 Å². The molecule has 0 saturated carbocycles. The van der Waals surface area contributed by atoms with Crippen molar-refractivity contribution in [2.45, 2.75) is 38.6 Å². The highest BCUT2D eigenvalue weighted by atomic mass is 16.5. The maximum atomic E-state index is 5.32. The van der Waals surface area contributed by atoms with Gasteiger partial charge in [0.1, 0.15) is 12.1 Å². The molecule has 1 atom stereocenters. The molecule has 0 radical (unpaired) electrons. The molecule has 1 aromatic heterocycles. The number of hydrogen-bond acceptors (Lipinski definition) is 4. The van der Waals surface area contributed by atoms with Crippen molar-refractivity contribution in [3.05, 3.63) is 18.1 Å². The minimum atomic E-state index is 0.0611. The molecular weight excluding hydrogens is 202 g/mol. The molecule has 2 heterocycles. The van der Waals surface area contributed by atoms with E-state index < -0.39 is 0 Å². The van der Waals surface area contributed by atoms with Crippen molar-refractivity contribution in [2.75, 3.05) is 18.5 Å². The average molecular weight is 221 g/mol. The average Bonchev–Trinajstić information content (AvgIpc) is 2.70. The normalized spacial score (nSPS) is 21.1. The van der Waals surface area contributed by atoms with Crippen LogP contribution in [0.5, 0.6) is 0 Å². The van der Waals surface area contributed by atoms with Crippen LogP contribution < -0.4 is 5.32 Å². The van der Waals surface area contributed by atoms with Crippen molar-refractivity contribution >= 4 is 5.82 Å². The number of rotatable bonds is 2. The summed E-state index contributed by atoms with van der Waals surface area (Å²) < 4.78 is 5.32. The lowest BCUT2D eigenvalue weighted by atomic mass is 9.92. The Kier molecular flexibility index (Phi) is 3.10. The van der Waals surface area contributed by atoms with Gasteiger partial charge in [0.05, 0.1) is 18.3 Å². The van der Waals surface area contributed by atoms with Crippen molar-refractivity contribution in [3.63, 3.8) is 0 Å². The zero-order valence-electron chi connectivity index (χ0n) is 10.2. The predicted molar refractivity (Wildman–Crippen MR) is 63.6 cm³/mol. The van der Waals surface area contributed by atoms with Gasteiger partial charge in [0, 0.05) is 18.1 Å². The van der Waals surface area contributed by atoms with Gasteiger partial charge in [-0.15, -0.1) is 0 Å². The molecule has 1 saturated heterocycles. The molecule has 88 valence electrons. The van der Waals surface area contributed by atoms with Crippen LogP contribution in [0.4, 0.5) is 5.82 Å². The van der Waals surface area contributed by atoms with Crippen LogP contribution in [0.1, 0.15) is 32.9 Å². The summed E-state index contributed by atoms with van der Waals surface area (Å²) in [5.41, 5.74) is 1.12. The Hall–Kier alpha value is -1.16. The first-order chi connectivity index (χ1) is 7.55. The summed E-state index contributed by atoms with van der Waals surface area (Å²) in [5.74, 6) is 0.899. The third-order valence-corrected chi connectivity index (χ3v) is 2.72. The van der Waals surface area contributed by atoms with Crippen LogP contribution in [0.25, 0.3) is 0 Å². The lowest BCUT2D eigenvalue weighted by Gasteiger charge is -2.19. The summed E-state index contributed by atoms with van der Waals surface area (Å²) in [7, 11) is 0. The maximum absolute atomic E-state index is 5.32. The summed E-state index contributed by atoms with van der Waals surface area (Å²) in [6.07, 6.45) is 2.67. The fourth-order valence-corrected chi connectivity index (χ4v) is 1.70. The smallest absolute Gasteiger partial charge is 0.129 e. The molecule has 1 aromatic rings. The Morgan fingerprint density at radius 3 is 2.81 bits per heavy atom. The highest BCUT2D eigenvalue weighted by Crippen LogP contribution is 2.21. The van der Waals surface area contributed by atoms with Crippen LogP contribution in [-0.2, 0) is 10.2 Å². The van der Waals surface area contributed by atoms with Crippen LogP contribution in [-0.4, -0.2) is 29.2 Å². The van der Waals surface area contributed by atoms with E-state index in [0.717, 1.165) is 31.1 Å². The lowest BCUT2D eigenvalue weighted by molar-refractivity contribution is 0.195. The van der Waals surface area contributed by atoms with Gasteiger partial charge >= 0.3 is 0 Å². The van der Waals surface area contributed by atoms with E-state index in [1.54, 1.807) is 6.33 Å². The van der Waals surface area contributed by atoms with Gasteiger partial charge in [-0.2, -0.15) is 0 Å². The second-order valence-electron chi connectivity index (χ2n) is 5.24. The SMILES string of the molecule is CC(C)(C)c1cc(NC2CCOC2)ncn1. The second-order valence-corrected chi connectivity index (χ2v) is 5.24. The molecule has 1 aliphatic heterocycles. The Morgan fingerprint density at radius 2 is 2.19 bits per heavy atom. The third kappa shape index (κ3) is 2.70. The Bertz CT molecular complexity index is 354. The van der Waals surface area contributed by atoms with Crippen LogP contribution in [0.15, 0.2) is 12.4 Å². The molecule has 16 heavy (non-hydrogen) atoms. The minimum Gasteiger partial charge on any atom is -0.379 e. The summed E-state index contributed by atoms with van der Waals surface area (Å²) in [5, 5.41) is 3.38. The molecular formula is C12H19N3O. The highest BCUT2D eigenvalue weighted by Gasteiger charge is 2.18. The van der Waals surface area contributed by atoms with Gasteiger partial charge in [-0.1, -0.05) is 20.8 Å². The molecule has 0 bridgehead atoms. The van der Waals surface area contributed by atoms with Crippen molar-refractivity contribution in [1.82, 2.24) is 9.97 Å². The monoisotopic (exact) mass is 221 g/mol. The van der Waals surface area contributed by atoms with Gasteiger partial charge < -0.3 is 10.1 Å². The minimum absolute atomic E-state index is 0.0611. The van der Waals surface area contributed by atoms with Crippen molar-refractivity contribution in [2.24, 2.45) is 0 Å². The zero-order valence-corrected chi connectivity index (χ0v) is 10.2. The molecule has 1 aliphatic rings. The van der Waals surface area contributed by atoms with E-state index in [-0.39, 0.29) is 5.41 Å². The Labute approximate surface area is 96.4 Å². The standard InChI is InChI=1S/C12H19N3O/c1-12(2,3)10-6-11(14-8-13-10)15-9-4-5-16-7-9/h6,8-9H,4-5,7H2,1-3H3,(H,13,14,15). The summed E-state index contributed by atoms with van der Waals surface area (Å²) >= 11 is 0. The first-order valence-electron chi connectivity index (χ1n) is 5.72. The van der Waals surface area contributed by atoms with Gasteiger partial charge in [0.15, 0.2) is 0 Å². The third-order valence-electron chi connectivity index (χ3n) is 2.72. The van der Waals surface area contributed by atoms with Gasteiger partial charge in [0.2, 0.25) is 0 Å². The molecule has 4 heteroatoms. The van der Waals surface area contributed by atoms with Crippen LogP contribution in [0, 0.1) is 0 Å². The quantitative estimate of drug-likeness (QED) is 0.829. The topological polar surface area (TPSA) is 47.0 Å². The maximum Gasteiger partial charge on any atom is 0.129 e. The molecule has 4 nitrogen and oxygen atoms in total. The van der Waals surface area contributed by atoms with Crippen LogP contribution in [0.3, 0.4) is 0 Å². The number of nitrogens with zero attached hydrogens (tertiary/aromatic N) is 2. The second kappa shape index (κ2) is 4.37. The molecule has 0 aliphatic carbocycles. The van der Waals surface area contributed by atoms with E-state index in [9.17, 15) is 0 Å².